The Kier molecular flexibility index (Phi) is 4.81. The summed E-state index contributed by atoms with van der Waals surface area (Å²) in [4.78, 5) is 2.58. The highest BCUT2D eigenvalue weighted by Crippen LogP contribution is 2.26. The molecular weight excluding hydrogens is 250 g/mol. The van der Waals surface area contributed by atoms with E-state index >= 15 is 0 Å². The molecule has 2 heterocycles. The van der Waals surface area contributed by atoms with Gasteiger partial charge in [-0.05, 0) is 25.7 Å². The molecule has 2 atom stereocenters. The van der Waals surface area contributed by atoms with Gasteiger partial charge in [-0.1, -0.05) is 26.0 Å². The summed E-state index contributed by atoms with van der Waals surface area (Å²) >= 11 is 0. The molecule has 1 N–H and O–H groups in total. The van der Waals surface area contributed by atoms with E-state index in [4.69, 9.17) is 0 Å². The largest absolute Gasteiger partial charge is 0.311 e. The van der Waals surface area contributed by atoms with Crippen LogP contribution in [0.2, 0.25) is 0 Å². The van der Waals surface area contributed by atoms with E-state index in [0.717, 1.165) is 37.7 Å². The van der Waals surface area contributed by atoms with Crippen LogP contribution in [-0.2, 0) is 13.6 Å². The van der Waals surface area contributed by atoms with E-state index in [2.05, 4.69) is 48.2 Å². The Morgan fingerprint density at radius 3 is 2.80 bits per heavy atom. The predicted molar refractivity (Wildman–Crippen MR) is 81.4 cm³/mol. The van der Waals surface area contributed by atoms with E-state index in [9.17, 15) is 0 Å². The minimum Gasteiger partial charge on any atom is -0.311 e. The van der Waals surface area contributed by atoms with Gasteiger partial charge >= 0.3 is 0 Å². The summed E-state index contributed by atoms with van der Waals surface area (Å²) in [6, 6.07) is 0.589. The lowest BCUT2D eigenvalue weighted by molar-refractivity contribution is 0.0362. The molecule has 1 aromatic heterocycles. The van der Waals surface area contributed by atoms with E-state index in [1.807, 2.05) is 13.2 Å². The Morgan fingerprint density at radius 1 is 1.50 bits per heavy atom. The maximum atomic E-state index is 4.25. The Hall–Kier alpha value is -0.940. The molecule has 0 radical (unpaired) electrons. The number of aromatic nitrogens is 3. The summed E-state index contributed by atoms with van der Waals surface area (Å²) in [6.07, 6.45) is 4.40. The minimum atomic E-state index is 0.213. The summed E-state index contributed by atoms with van der Waals surface area (Å²) in [5.41, 5.74) is 1.28. The van der Waals surface area contributed by atoms with Gasteiger partial charge in [-0.15, -0.1) is 5.10 Å². The van der Waals surface area contributed by atoms with Gasteiger partial charge in [-0.2, -0.15) is 0 Å². The molecule has 0 aliphatic carbocycles. The lowest BCUT2D eigenvalue weighted by Crippen LogP contribution is -2.62. The van der Waals surface area contributed by atoms with E-state index in [-0.39, 0.29) is 5.54 Å². The van der Waals surface area contributed by atoms with Crippen molar-refractivity contribution in [2.75, 3.05) is 13.1 Å². The van der Waals surface area contributed by atoms with E-state index in [1.165, 1.54) is 6.42 Å². The quantitative estimate of drug-likeness (QED) is 0.893. The number of rotatable bonds is 5. The third-order valence-electron chi connectivity index (χ3n) is 4.50. The van der Waals surface area contributed by atoms with Crippen LogP contribution < -0.4 is 5.32 Å². The Morgan fingerprint density at radius 2 is 2.25 bits per heavy atom. The molecule has 0 spiro atoms. The van der Waals surface area contributed by atoms with Gasteiger partial charge in [-0.25, -0.2) is 0 Å². The smallest absolute Gasteiger partial charge is 0.0967 e. The van der Waals surface area contributed by atoms with Gasteiger partial charge in [0.1, 0.15) is 0 Å². The highest BCUT2D eigenvalue weighted by Gasteiger charge is 2.36. The maximum absolute atomic E-state index is 4.25. The average molecular weight is 279 g/mol. The first kappa shape index (κ1) is 15.4. The fraction of sp³-hybridized carbons (Fsp3) is 0.867. The van der Waals surface area contributed by atoms with Gasteiger partial charge in [0.05, 0.1) is 5.69 Å². The molecule has 1 aliphatic rings. The van der Waals surface area contributed by atoms with E-state index in [1.54, 1.807) is 4.68 Å². The molecule has 0 amide bonds. The van der Waals surface area contributed by atoms with Crippen molar-refractivity contribution in [3.8, 4) is 0 Å². The first-order valence-corrected chi connectivity index (χ1v) is 7.76. The molecule has 114 valence electrons. The molecule has 0 saturated carbocycles. The second-order valence-corrected chi connectivity index (χ2v) is 6.82. The summed E-state index contributed by atoms with van der Waals surface area (Å²) in [5, 5.41) is 12.0. The van der Waals surface area contributed by atoms with Crippen LogP contribution in [0, 0.1) is 5.92 Å². The van der Waals surface area contributed by atoms with Crippen molar-refractivity contribution in [3.63, 3.8) is 0 Å². The Bertz CT molecular complexity index is 428. The zero-order chi connectivity index (χ0) is 14.8. The molecule has 2 rings (SSSR count). The van der Waals surface area contributed by atoms with Gasteiger partial charge in [0.2, 0.25) is 0 Å². The normalized spacial score (nSPS) is 28.2. The highest BCUT2D eigenvalue weighted by atomic mass is 15.4. The fourth-order valence-electron chi connectivity index (χ4n) is 3.02. The molecular formula is C15H29N5. The van der Waals surface area contributed by atoms with Crippen LogP contribution in [0.3, 0.4) is 0 Å². The van der Waals surface area contributed by atoms with Crippen molar-refractivity contribution < 1.29 is 0 Å². The average Bonchev–Trinajstić information content (AvgIpc) is 2.79. The predicted octanol–water partition coefficient (Wildman–Crippen LogP) is 1.80. The van der Waals surface area contributed by atoms with Crippen LogP contribution in [0.1, 0.15) is 46.2 Å². The fourth-order valence-corrected chi connectivity index (χ4v) is 3.02. The zero-order valence-electron chi connectivity index (χ0n) is 13.6. The summed E-state index contributed by atoms with van der Waals surface area (Å²) in [5.74, 6) is 0.733. The molecule has 1 saturated heterocycles. The SMILES string of the molecule is CCC1(C)CNC(CC(C)C)CN1Cc1cn(C)nn1. The highest BCUT2D eigenvalue weighted by molar-refractivity contribution is 5.00. The van der Waals surface area contributed by atoms with Crippen molar-refractivity contribution in [1.29, 1.82) is 0 Å². The summed E-state index contributed by atoms with van der Waals surface area (Å²) in [7, 11) is 1.93. The van der Waals surface area contributed by atoms with Crippen molar-refractivity contribution in [2.45, 2.75) is 58.7 Å². The number of piperazine rings is 1. The third-order valence-corrected chi connectivity index (χ3v) is 4.50. The molecule has 0 bridgehead atoms. The number of aryl methyl sites for hydroxylation is 1. The lowest BCUT2D eigenvalue weighted by atomic mass is 9.90. The first-order valence-electron chi connectivity index (χ1n) is 7.76. The standard InChI is InChI=1S/C15H29N5/c1-6-15(4)11-16-13(7-12(2)3)9-20(15)10-14-8-19(5)18-17-14/h8,12-13,16H,6-7,9-11H2,1-5H3. The van der Waals surface area contributed by atoms with E-state index < -0.39 is 0 Å². The molecule has 20 heavy (non-hydrogen) atoms. The van der Waals surface area contributed by atoms with Gasteiger partial charge < -0.3 is 5.32 Å². The first-order chi connectivity index (χ1) is 9.43. The molecule has 1 aromatic rings. The minimum absolute atomic E-state index is 0.213. The second kappa shape index (κ2) is 6.22. The van der Waals surface area contributed by atoms with Gasteiger partial charge in [0.15, 0.2) is 0 Å². The Balaban J connectivity index is 2.07. The molecule has 1 fully saturated rings. The van der Waals surface area contributed by atoms with Crippen LogP contribution in [-0.4, -0.2) is 44.6 Å². The topological polar surface area (TPSA) is 46.0 Å². The van der Waals surface area contributed by atoms with Crippen LogP contribution in [0.4, 0.5) is 0 Å². The van der Waals surface area contributed by atoms with Crippen molar-refractivity contribution in [3.05, 3.63) is 11.9 Å². The molecule has 5 heteroatoms. The summed E-state index contributed by atoms with van der Waals surface area (Å²) in [6.45, 7) is 12.3. The number of hydrogen-bond acceptors (Lipinski definition) is 4. The Labute approximate surface area is 122 Å². The van der Waals surface area contributed by atoms with Crippen molar-refractivity contribution in [2.24, 2.45) is 13.0 Å². The van der Waals surface area contributed by atoms with Crippen molar-refractivity contribution >= 4 is 0 Å². The molecule has 1 aliphatic heterocycles. The lowest BCUT2D eigenvalue weighted by Gasteiger charge is -2.48. The third kappa shape index (κ3) is 3.58. The number of nitrogens with zero attached hydrogens (tertiary/aromatic N) is 4. The summed E-state index contributed by atoms with van der Waals surface area (Å²) < 4.78 is 1.78. The molecule has 5 nitrogen and oxygen atoms in total. The number of hydrogen-bond donors (Lipinski definition) is 1. The molecule has 2 unspecified atom stereocenters. The van der Waals surface area contributed by atoms with Crippen LogP contribution in [0.5, 0.6) is 0 Å². The second-order valence-electron chi connectivity index (χ2n) is 6.82. The van der Waals surface area contributed by atoms with Crippen LogP contribution in [0.15, 0.2) is 6.20 Å². The van der Waals surface area contributed by atoms with Crippen molar-refractivity contribution in [1.82, 2.24) is 25.2 Å². The van der Waals surface area contributed by atoms with Gasteiger partial charge in [0.25, 0.3) is 0 Å². The zero-order valence-corrected chi connectivity index (χ0v) is 13.6. The van der Waals surface area contributed by atoms with E-state index in [0.29, 0.717) is 6.04 Å². The van der Waals surface area contributed by atoms with Crippen LogP contribution >= 0.6 is 0 Å². The van der Waals surface area contributed by atoms with Gasteiger partial charge in [0, 0.05) is 44.5 Å². The maximum Gasteiger partial charge on any atom is 0.0967 e. The number of nitrogens with one attached hydrogen (secondary N) is 1. The molecule has 0 aromatic carbocycles. The van der Waals surface area contributed by atoms with Gasteiger partial charge in [-0.3, -0.25) is 9.58 Å². The van der Waals surface area contributed by atoms with Crippen LogP contribution in [0.25, 0.3) is 0 Å². The monoisotopic (exact) mass is 279 g/mol.